The minimum atomic E-state index is -0.431. The second-order valence-corrected chi connectivity index (χ2v) is 4.99. The number of fused-ring (bicyclic) bond motifs is 1. The van der Waals surface area contributed by atoms with E-state index in [1.807, 2.05) is 60.8 Å². The van der Waals surface area contributed by atoms with Crippen molar-refractivity contribution in [1.29, 1.82) is 0 Å². The van der Waals surface area contributed by atoms with E-state index in [0.717, 1.165) is 22.2 Å². The van der Waals surface area contributed by atoms with Gasteiger partial charge >= 0.3 is 6.09 Å². The Hall–Kier alpha value is -3.08. The molecule has 2 N–H and O–H groups in total. The van der Waals surface area contributed by atoms with Gasteiger partial charge in [-0.2, -0.15) is 0 Å². The Morgan fingerprint density at radius 1 is 1.22 bits per heavy atom. The number of hydrogen-bond donors (Lipinski definition) is 2. The van der Waals surface area contributed by atoms with E-state index in [4.69, 9.17) is 4.74 Å². The molecule has 0 bridgehead atoms. The monoisotopic (exact) mass is 307 g/mol. The van der Waals surface area contributed by atoms with Gasteiger partial charge in [-0.05, 0) is 23.3 Å². The van der Waals surface area contributed by atoms with Gasteiger partial charge in [0.2, 0.25) is 0 Å². The van der Waals surface area contributed by atoms with Crippen LogP contribution in [0.3, 0.4) is 0 Å². The molecular formula is C18H17N3O2. The maximum Gasteiger partial charge on any atom is 0.407 e. The Kier molecular flexibility index (Phi) is 4.69. The van der Waals surface area contributed by atoms with Gasteiger partial charge in [-0.1, -0.05) is 42.5 Å². The molecule has 0 saturated carbocycles. The highest BCUT2D eigenvalue weighted by Gasteiger charge is 2.01. The van der Waals surface area contributed by atoms with Gasteiger partial charge in [0, 0.05) is 24.3 Å². The Labute approximate surface area is 134 Å². The average molecular weight is 307 g/mol. The van der Waals surface area contributed by atoms with E-state index in [9.17, 15) is 4.79 Å². The largest absolute Gasteiger partial charge is 0.445 e. The smallest absolute Gasteiger partial charge is 0.407 e. The molecule has 0 fully saturated rings. The Morgan fingerprint density at radius 3 is 2.96 bits per heavy atom. The van der Waals surface area contributed by atoms with Crippen LogP contribution >= 0.6 is 0 Å². The maximum atomic E-state index is 11.6. The summed E-state index contributed by atoms with van der Waals surface area (Å²) < 4.78 is 5.14. The van der Waals surface area contributed by atoms with Crippen molar-refractivity contribution >= 4 is 23.2 Å². The number of hydrogen-bond acceptors (Lipinski definition) is 3. The number of benzene rings is 1. The van der Waals surface area contributed by atoms with Gasteiger partial charge < -0.3 is 15.0 Å². The fraction of sp³-hybridized carbons (Fsp3) is 0.111. The number of ether oxygens (including phenoxy) is 1. The van der Waals surface area contributed by atoms with Crippen molar-refractivity contribution in [3.8, 4) is 0 Å². The number of pyridine rings is 1. The zero-order valence-electron chi connectivity index (χ0n) is 12.5. The molecule has 0 saturated heterocycles. The van der Waals surface area contributed by atoms with E-state index in [2.05, 4.69) is 15.3 Å². The van der Waals surface area contributed by atoms with E-state index in [1.54, 1.807) is 6.20 Å². The van der Waals surface area contributed by atoms with Crippen LogP contribution in [0.25, 0.3) is 17.1 Å². The normalized spacial score (nSPS) is 11.0. The summed E-state index contributed by atoms with van der Waals surface area (Å²) in [6.45, 7) is 0.673. The number of rotatable bonds is 5. The predicted molar refractivity (Wildman–Crippen MR) is 89.8 cm³/mol. The van der Waals surface area contributed by atoms with Crippen LogP contribution in [0.4, 0.5) is 4.79 Å². The molecule has 2 aromatic heterocycles. The van der Waals surface area contributed by atoms with Crippen LogP contribution in [0, 0.1) is 0 Å². The molecule has 5 nitrogen and oxygen atoms in total. The minimum absolute atomic E-state index is 0.269. The number of carbonyl (C=O) groups is 1. The highest BCUT2D eigenvalue weighted by atomic mass is 16.5. The number of nitrogens with zero attached hydrogens (tertiary/aromatic N) is 1. The molecule has 0 unspecified atom stereocenters. The molecule has 3 rings (SSSR count). The molecule has 0 spiro atoms. The van der Waals surface area contributed by atoms with Gasteiger partial charge in [-0.15, -0.1) is 0 Å². The number of alkyl carbamates (subject to hydrolysis) is 1. The summed E-state index contributed by atoms with van der Waals surface area (Å²) in [5.41, 5.74) is 2.86. The second-order valence-electron chi connectivity index (χ2n) is 4.99. The summed E-state index contributed by atoms with van der Waals surface area (Å²) >= 11 is 0. The molecular weight excluding hydrogens is 290 g/mol. The van der Waals surface area contributed by atoms with Crippen LogP contribution in [0.1, 0.15) is 11.1 Å². The van der Waals surface area contributed by atoms with Crippen molar-refractivity contribution < 1.29 is 9.53 Å². The predicted octanol–water partition coefficient (Wildman–Crippen LogP) is 3.50. The Morgan fingerprint density at radius 2 is 2.09 bits per heavy atom. The topological polar surface area (TPSA) is 67.0 Å². The first-order valence-electron chi connectivity index (χ1n) is 7.36. The fourth-order valence-corrected chi connectivity index (χ4v) is 2.23. The number of nitrogens with one attached hydrogen (secondary N) is 2. The van der Waals surface area contributed by atoms with Crippen LogP contribution < -0.4 is 5.32 Å². The summed E-state index contributed by atoms with van der Waals surface area (Å²) in [7, 11) is 0. The van der Waals surface area contributed by atoms with Gasteiger partial charge in [-0.3, -0.25) is 0 Å². The van der Waals surface area contributed by atoms with Crippen LogP contribution in [0.15, 0.2) is 60.9 Å². The standard InChI is InChI=1S/C18H17N3O2/c22-18(23-13-14-5-2-1-3-6-14)21-10-4-7-15-8-11-19-17-16(15)9-12-20-17/h1-9,11-12H,10,13H2,(H,19,20)(H,21,22). The van der Waals surface area contributed by atoms with Gasteiger partial charge in [0.1, 0.15) is 12.3 Å². The quantitative estimate of drug-likeness (QED) is 0.758. The molecule has 1 aromatic carbocycles. The zero-order valence-corrected chi connectivity index (χ0v) is 12.5. The van der Waals surface area contributed by atoms with E-state index >= 15 is 0 Å². The van der Waals surface area contributed by atoms with Gasteiger partial charge in [0.25, 0.3) is 0 Å². The van der Waals surface area contributed by atoms with E-state index in [1.165, 1.54) is 0 Å². The van der Waals surface area contributed by atoms with Crippen molar-refractivity contribution in [2.24, 2.45) is 0 Å². The summed E-state index contributed by atoms with van der Waals surface area (Å²) in [5, 5.41) is 3.74. The van der Waals surface area contributed by atoms with Crippen LogP contribution in [-0.4, -0.2) is 22.6 Å². The third kappa shape index (κ3) is 3.97. The SMILES string of the molecule is O=C(NCC=Cc1ccnc2[nH]ccc12)OCc1ccccc1. The van der Waals surface area contributed by atoms with Crippen LogP contribution in [0.5, 0.6) is 0 Å². The lowest BCUT2D eigenvalue weighted by atomic mass is 10.2. The molecule has 0 aliphatic heterocycles. The number of carbonyl (C=O) groups excluding carboxylic acids is 1. The molecule has 0 aliphatic carbocycles. The summed E-state index contributed by atoms with van der Waals surface area (Å²) in [6, 6.07) is 13.5. The zero-order chi connectivity index (χ0) is 15.9. The number of aromatic amines is 1. The van der Waals surface area contributed by atoms with Gasteiger partial charge in [0.05, 0.1) is 0 Å². The van der Waals surface area contributed by atoms with Crippen molar-refractivity contribution in [2.45, 2.75) is 6.61 Å². The molecule has 116 valence electrons. The minimum Gasteiger partial charge on any atom is -0.445 e. The maximum absolute atomic E-state index is 11.6. The second kappa shape index (κ2) is 7.26. The first-order chi connectivity index (χ1) is 11.3. The summed E-state index contributed by atoms with van der Waals surface area (Å²) in [6.07, 6.45) is 7.01. The third-order valence-corrected chi connectivity index (χ3v) is 3.37. The molecule has 0 atom stereocenters. The van der Waals surface area contributed by atoms with Crippen molar-refractivity contribution in [3.63, 3.8) is 0 Å². The van der Waals surface area contributed by atoms with Gasteiger partial charge in [0.15, 0.2) is 0 Å². The molecule has 23 heavy (non-hydrogen) atoms. The highest BCUT2D eigenvalue weighted by molar-refractivity contribution is 5.85. The Bertz CT molecular complexity index is 809. The average Bonchev–Trinajstić information content (AvgIpc) is 3.07. The Balaban J connectivity index is 1.47. The number of aromatic nitrogens is 2. The van der Waals surface area contributed by atoms with Crippen LogP contribution in [-0.2, 0) is 11.3 Å². The number of H-pyrrole nitrogens is 1. The number of amides is 1. The molecule has 1 amide bonds. The molecule has 2 heterocycles. The van der Waals surface area contributed by atoms with Crippen LogP contribution in [0.2, 0.25) is 0 Å². The summed E-state index contributed by atoms with van der Waals surface area (Å²) in [5.74, 6) is 0. The third-order valence-electron chi connectivity index (χ3n) is 3.37. The van der Waals surface area contributed by atoms with Crippen molar-refractivity contribution in [2.75, 3.05) is 6.54 Å². The molecule has 3 aromatic rings. The van der Waals surface area contributed by atoms with E-state index in [-0.39, 0.29) is 6.61 Å². The molecule has 0 radical (unpaired) electrons. The van der Waals surface area contributed by atoms with E-state index < -0.39 is 6.09 Å². The first-order valence-corrected chi connectivity index (χ1v) is 7.36. The first kappa shape index (κ1) is 14.8. The fourth-order valence-electron chi connectivity index (χ4n) is 2.23. The molecule has 0 aliphatic rings. The van der Waals surface area contributed by atoms with Gasteiger partial charge in [-0.25, -0.2) is 9.78 Å². The lowest BCUT2D eigenvalue weighted by molar-refractivity contribution is 0.141. The summed E-state index contributed by atoms with van der Waals surface area (Å²) in [4.78, 5) is 18.9. The van der Waals surface area contributed by atoms with E-state index in [0.29, 0.717) is 6.54 Å². The van der Waals surface area contributed by atoms with Crippen molar-refractivity contribution in [3.05, 3.63) is 72.1 Å². The molecule has 5 heteroatoms. The lowest BCUT2D eigenvalue weighted by Crippen LogP contribution is -2.24. The lowest BCUT2D eigenvalue weighted by Gasteiger charge is -2.05. The highest BCUT2D eigenvalue weighted by Crippen LogP contribution is 2.16. The van der Waals surface area contributed by atoms with Crippen molar-refractivity contribution in [1.82, 2.24) is 15.3 Å².